The Kier molecular flexibility index (Phi) is 5.83. The van der Waals surface area contributed by atoms with E-state index < -0.39 is 11.9 Å². The van der Waals surface area contributed by atoms with E-state index in [0.717, 1.165) is 6.07 Å². The lowest BCUT2D eigenvalue weighted by molar-refractivity contribution is -0.141. The largest absolute Gasteiger partial charge is 0.433 e. The molecule has 2 aromatic rings. The fourth-order valence-corrected chi connectivity index (χ4v) is 2.15. The average molecular weight is 358 g/mol. The topological polar surface area (TPSA) is 37.8 Å². The lowest BCUT2D eigenvalue weighted by atomic mass is 10.1. The lowest BCUT2D eigenvalue weighted by Gasteiger charge is -2.17. The molecule has 1 N–H and O–H groups in total. The van der Waals surface area contributed by atoms with Crippen molar-refractivity contribution >= 4 is 11.6 Å². The highest BCUT2D eigenvalue weighted by molar-refractivity contribution is 6.31. The van der Waals surface area contributed by atoms with Gasteiger partial charge >= 0.3 is 6.18 Å². The third kappa shape index (κ3) is 4.68. The molecule has 2 heterocycles. The molecule has 0 aliphatic rings. The van der Waals surface area contributed by atoms with Gasteiger partial charge in [-0.15, -0.1) is 0 Å². The molecule has 7 heteroatoms. The predicted octanol–water partition coefficient (Wildman–Crippen LogP) is 4.95. The number of nitrogens with one attached hydrogen (secondary N) is 1. The van der Waals surface area contributed by atoms with Crippen molar-refractivity contribution < 1.29 is 13.2 Å². The first kappa shape index (κ1) is 18.7. The van der Waals surface area contributed by atoms with Crippen molar-refractivity contribution in [1.29, 1.82) is 0 Å². The van der Waals surface area contributed by atoms with Crippen molar-refractivity contribution in [3.8, 4) is 11.3 Å². The van der Waals surface area contributed by atoms with Crippen LogP contribution in [0.1, 0.15) is 32.2 Å². The Bertz CT molecular complexity index is 684. The summed E-state index contributed by atoms with van der Waals surface area (Å²) in [5.74, 6) is 0.464. The van der Waals surface area contributed by atoms with Crippen LogP contribution in [0.2, 0.25) is 5.02 Å². The second-order valence-electron chi connectivity index (χ2n) is 5.97. The molecule has 130 valence electrons. The van der Waals surface area contributed by atoms with E-state index in [4.69, 9.17) is 11.6 Å². The summed E-state index contributed by atoms with van der Waals surface area (Å²) in [4.78, 5) is 7.91. The van der Waals surface area contributed by atoms with E-state index >= 15 is 0 Å². The SMILES string of the molecule is CC(C)[C@@H](C)NCc1nc(-c2ccc(C(F)(F)F)nc2)ccc1Cl. The predicted molar refractivity (Wildman–Crippen MR) is 88.6 cm³/mol. The van der Waals surface area contributed by atoms with Crippen molar-refractivity contribution in [2.75, 3.05) is 0 Å². The number of aromatic nitrogens is 2. The third-order valence-electron chi connectivity index (χ3n) is 3.86. The van der Waals surface area contributed by atoms with Gasteiger partial charge in [0.2, 0.25) is 0 Å². The van der Waals surface area contributed by atoms with Crippen molar-refractivity contribution in [3.05, 3.63) is 46.9 Å². The minimum atomic E-state index is -4.45. The maximum atomic E-state index is 12.6. The molecule has 0 aromatic carbocycles. The second kappa shape index (κ2) is 7.49. The van der Waals surface area contributed by atoms with Crippen molar-refractivity contribution in [2.45, 2.75) is 39.5 Å². The summed E-state index contributed by atoms with van der Waals surface area (Å²) in [6.45, 7) is 6.77. The summed E-state index contributed by atoms with van der Waals surface area (Å²) in [6.07, 6.45) is -3.28. The zero-order valence-corrected chi connectivity index (χ0v) is 14.4. The van der Waals surface area contributed by atoms with Gasteiger partial charge in [-0.2, -0.15) is 13.2 Å². The second-order valence-corrected chi connectivity index (χ2v) is 6.38. The Hall–Kier alpha value is -1.66. The number of rotatable bonds is 5. The van der Waals surface area contributed by atoms with E-state index in [9.17, 15) is 13.2 Å². The monoisotopic (exact) mass is 357 g/mol. The number of pyridine rings is 2. The summed E-state index contributed by atoms with van der Waals surface area (Å²) >= 11 is 6.16. The first-order chi connectivity index (χ1) is 11.2. The highest BCUT2D eigenvalue weighted by Gasteiger charge is 2.32. The highest BCUT2D eigenvalue weighted by Crippen LogP contribution is 2.29. The maximum absolute atomic E-state index is 12.6. The van der Waals surface area contributed by atoms with E-state index in [1.807, 2.05) is 0 Å². The van der Waals surface area contributed by atoms with E-state index in [1.54, 1.807) is 12.1 Å². The molecule has 0 amide bonds. The van der Waals surface area contributed by atoms with Crippen molar-refractivity contribution in [3.63, 3.8) is 0 Å². The van der Waals surface area contributed by atoms with Gasteiger partial charge in [-0.25, -0.2) is 4.98 Å². The Morgan fingerprint density at radius 1 is 1.12 bits per heavy atom. The van der Waals surface area contributed by atoms with Gasteiger partial charge in [0.15, 0.2) is 0 Å². The molecule has 0 fully saturated rings. The molecule has 3 nitrogen and oxygen atoms in total. The Labute approximate surface area is 144 Å². The van der Waals surface area contributed by atoms with Gasteiger partial charge in [0.25, 0.3) is 0 Å². The molecule has 0 radical (unpaired) electrons. The van der Waals surface area contributed by atoms with Crippen LogP contribution < -0.4 is 5.32 Å². The Morgan fingerprint density at radius 3 is 2.38 bits per heavy atom. The molecule has 0 bridgehead atoms. The molecule has 1 atom stereocenters. The van der Waals surface area contributed by atoms with Gasteiger partial charge in [-0.05, 0) is 37.1 Å². The minimum absolute atomic E-state index is 0.291. The van der Waals surface area contributed by atoms with Gasteiger partial charge in [0.05, 0.1) is 16.4 Å². The molecular weight excluding hydrogens is 339 g/mol. The molecule has 2 rings (SSSR count). The van der Waals surface area contributed by atoms with Gasteiger partial charge in [0, 0.05) is 24.3 Å². The summed E-state index contributed by atoms with van der Waals surface area (Å²) in [5, 5.41) is 3.85. The van der Waals surface area contributed by atoms with Crippen LogP contribution >= 0.6 is 11.6 Å². The van der Waals surface area contributed by atoms with E-state index in [0.29, 0.717) is 40.5 Å². The molecular formula is C17H19ClF3N3. The zero-order valence-electron chi connectivity index (χ0n) is 13.7. The number of nitrogens with zero attached hydrogens (tertiary/aromatic N) is 2. The van der Waals surface area contributed by atoms with Crippen LogP contribution in [0, 0.1) is 5.92 Å². The van der Waals surface area contributed by atoms with Crippen molar-refractivity contribution in [1.82, 2.24) is 15.3 Å². The number of hydrogen-bond donors (Lipinski definition) is 1. The third-order valence-corrected chi connectivity index (χ3v) is 4.20. The molecule has 0 aliphatic heterocycles. The van der Waals surface area contributed by atoms with Crippen LogP contribution in [0.25, 0.3) is 11.3 Å². The van der Waals surface area contributed by atoms with E-state index in [1.165, 1.54) is 12.3 Å². The van der Waals surface area contributed by atoms with Crippen LogP contribution in [0.4, 0.5) is 13.2 Å². The van der Waals surface area contributed by atoms with Gasteiger partial charge < -0.3 is 5.32 Å². The number of halogens is 4. The van der Waals surface area contributed by atoms with Crippen LogP contribution in [0.5, 0.6) is 0 Å². The molecule has 2 aromatic heterocycles. The van der Waals surface area contributed by atoms with Crippen LogP contribution in [0.3, 0.4) is 0 Å². The standard InChI is InChI=1S/C17H19ClF3N3/c1-10(2)11(3)22-9-15-13(18)5-6-14(24-15)12-4-7-16(23-8-12)17(19,20)21/h4-8,10-11,22H,9H2,1-3H3/t11-/m1/s1. The highest BCUT2D eigenvalue weighted by atomic mass is 35.5. The smallest absolute Gasteiger partial charge is 0.308 e. The first-order valence-corrected chi connectivity index (χ1v) is 7.98. The average Bonchev–Trinajstić information content (AvgIpc) is 2.53. The van der Waals surface area contributed by atoms with Crippen molar-refractivity contribution in [2.24, 2.45) is 5.92 Å². The summed E-state index contributed by atoms with van der Waals surface area (Å²) in [6, 6.07) is 5.96. The summed E-state index contributed by atoms with van der Waals surface area (Å²) in [5.41, 5.74) is 0.780. The quantitative estimate of drug-likeness (QED) is 0.822. The van der Waals surface area contributed by atoms with E-state index in [-0.39, 0.29) is 0 Å². The van der Waals surface area contributed by atoms with Gasteiger partial charge in [0.1, 0.15) is 5.69 Å². The molecule has 0 saturated carbocycles. The summed E-state index contributed by atoms with van der Waals surface area (Å²) < 4.78 is 37.7. The fourth-order valence-electron chi connectivity index (χ4n) is 1.98. The molecule has 0 aliphatic carbocycles. The molecule has 0 spiro atoms. The molecule has 24 heavy (non-hydrogen) atoms. The lowest BCUT2D eigenvalue weighted by Crippen LogP contribution is -2.30. The molecule has 0 unspecified atom stereocenters. The van der Waals surface area contributed by atoms with Gasteiger partial charge in [-0.3, -0.25) is 4.98 Å². The number of alkyl halides is 3. The molecule has 0 saturated heterocycles. The number of hydrogen-bond acceptors (Lipinski definition) is 3. The summed E-state index contributed by atoms with van der Waals surface area (Å²) in [7, 11) is 0. The fraction of sp³-hybridized carbons (Fsp3) is 0.412. The van der Waals surface area contributed by atoms with E-state index in [2.05, 4.69) is 36.1 Å². The van der Waals surface area contributed by atoms with Crippen LogP contribution in [0.15, 0.2) is 30.5 Å². The van der Waals surface area contributed by atoms with Crippen LogP contribution in [-0.2, 0) is 12.7 Å². The first-order valence-electron chi connectivity index (χ1n) is 7.61. The van der Waals surface area contributed by atoms with Gasteiger partial charge in [-0.1, -0.05) is 25.4 Å². The Balaban J connectivity index is 2.21. The minimum Gasteiger partial charge on any atom is -0.308 e. The maximum Gasteiger partial charge on any atom is 0.433 e. The normalized spacial score (nSPS) is 13.3. The van der Waals surface area contributed by atoms with Crippen LogP contribution in [-0.4, -0.2) is 16.0 Å². The zero-order chi connectivity index (χ0) is 17.9. The Morgan fingerprint density at radius 2 is 1.83 bits per heavy atom.